The lowest BCUT2D eigenvalue weighted by Gasteiger charge is -2.08. The third kappa shape index (κ3) is 2.93. The zero-order valence-corrected chi connectivity index (χ0v) is 13.8. The Morgan fingerprint density at radius 2 is 1.81 bits per heavy atom. The van der Waals surface area contributed by atoms with E-state index in [1.165, 1.54) is 35.1 Å². The highest BCUT2D eigenvalue weighted by Gasteiger charge is 2.21. The molecule has 134 valence electrons. The lowest BCUT2D eigenvalue weighted by molar-refractivity contribution is 0.102. The van der Waals surface area contributed by atoms with Crippen LogP contribution in [-0.4, -0.2) is 25.8 Å². The van der Waals surface area contributed by atoms with Gasteiger partial charge >= 0.3 is 0 Å². The van der Waals surface area contributed by atoms with Crippen LogP contribution in [-0.2, 0) is 0 Å². The molecule has 3 N–H and O–H groups in total. The number of amides is 1. The van der Waals surface area contributed by atoms with Gasteiger partial charge in [0.15, 0.2) is 0 Å². The molecule has 0 aliphatic carbocycles. The molecule has 0 saturated heterocycles. The number of halogens is 1. The van der Waals surface area contributed by atoms with Crippen LogP contribution in [0.25, 0.3) is 16.7 Å². The molecular weight excluding hydrogens is 351 g/mol. The molecule has 4 aromatic rings. The fraction of sp³-hybridized carbons (Fsp3) is 0. The van der Waals surface area contributed by atoms with Gasteiger partial charge in [0.2, 0.25) is 0 Å². The smallest absolute Gasteiger partial charge is 0.266 e. The van der Waals surface area contributed by atoms with Gasteiger partial charge < -0.3 is 15.4 Å². The molecule has 4 rings (SSSR count). The predicted octanol–water partition coefficient (Wildman–Crippen LogP) is 2.81. The number of aromatic hydroxyl groups is 1. The molecular formula is C19H13FN4O3. The van der Waals surface area contributed by atoms with E-state index in [0.29, 0.717) is 11.4 Å². The molecule has 0 aliphatic rings. The predicted molar refractivity (Wildman–Crippen MR) is 97.7 cm³/mol. The van der Waals surface area contributed by atoms with Gasteiger partial charge in [0.25, 0.3) is 11.5 Å². The molecule has 0 atom stereocenters. The number of carbonyl (C=O) groups is 1. The first-order chi connectivity index (χ1) is 13.0. The molecule has 0 radical (unpaired) electrons. The van der Waals surface area contributed by atoms with Crippen LogP contribution in [0.4, 0.5) is 10.1 Å². The molecule has 0 fully saturated rings. The molecule has 0 aliphatic heterocycles. The number of rotatable bonds is 3. The minimum atomic E-state index is -0.766. The average Bonchev–Trinajstić information content (AvgIpc) is 3.07. The topological polar surface area (TPSA) is 100 Å². The maximum Gasteiger partial charge on any atom is 0.266 e. The van der Waals surface area contributed by atoms with E-state index >= 15 is 0 Å². The normalized spacial score (nSPS) is 10.9. The Bertz CT molecular complexity index is 1200. The van der Waals surface area contributed by atoms with Crippen molar-refractivity contribution in [2.75, 3.05) is 5.32 Å². The van der Waals surface area contributed by atoms with E-state index in [2.05, 4.69) is 15.4 Å². The number of nitrogens with one attached hydrogen (secondary N) is 2. The van der Waals surface area contributed by atoms with Gasteiger partial charge in [-0.15, -0.1) is 0 Å². The number of fused-ring (bicyclic) bond motifs is 1. The van der Waals surface area contributed by atoms with Gasteiger partial charge in [-0.2, -0.15) is 5.10 Å². The standard InChI is InChI=1S/C19H13FN4O3/c20-11-6-8-13(9-7-11)24-17-14(10-21-24)16(25)15(19(27)23-17)18(26)22-12-4-2-1-3-5-12/h1-10H,(H,22,26)(H2,23,25,27). The second kappa shape index (κ2) is 6.41. The summed E-state index contributed by atoms with van der Waals surface area (Å²) in [6, 6.07) is 14.0. The van der Waals surface area contributed by atoms with Crippen molar-refractivity contribution in [1.29, 1.82) is 0 Å². The molecule has 8 heteroatoms. The van der Waals surface area contributed by atoms with E-state index in [1.807, 2.05) is 0 Å². The summed E-state index contributed by atoms with van der Waals surface area (Å²) >= 11 is 0. The van der Waals surface area contributed by atoms with Crippen molar-refractivity contribution in [1.82, 2.24) is 14.8 Å². The first kappa shape index (κ1) is 16.5. The van der Waals surface area contributed by atoms with E-state index in [9.17, 15) is 19.1 Å². The number of nitrogens with zero attached hydrogens (tertiary/aromatic N) is 2. The summed E-state index contributed by atoms with van der Waals surface area (Å²) in [7, 11) is 0. The maximum atomic E-state index is 13.1. The molecule has 27 heavy (non-hydrogen) atoms. The SMILES string of the molecule is O=C(Nc1ccccc1)c1c(O)c2cnn(-c3ccc(F)cc3)c2[nH]c1=O. The summed E-state index contributed by atoms with van der Waals surface area (Å²) in [4.78, 5) is 27.5. The van der Waals surface area contributed by atoms with Gasteiger partial charge in [0, 0.05) is 5.69 Å². The van der Waals surface area contributed by atoms with Crippen molar-refractivity contribution in [2.45, 2.75) is 0 Å². The third-order valence-electron chi connectivity index (χ3n) is 4.05. The molecule has 1 amide bonds. The number of carbonyl (C=O) groups excluding carboxylic acids is 1. The zero-order chi connectivity index (χ0) is 19.0. The summed E-state index contributed by atoms with van der Waals surface area (Å²) in [5, 5.41) is 17.4. The highest BCUT2D eigenvalue weighted by atomic mass is 19.1. The van der Waals surface area contributed by atoms with E-state index in [1.54, 1.807) is 30.3 Å². The van der Waals surface area contributed by atoms with Crippen molar-refractivity contribution in [3.63, 3.8) is 0 Å². The highest BCUT2D eigenvalue weighted by molar-refractivity contribution is 6.08. The second-order valence-corrected chi connectivity index (χ2v) is 5.79. The molecule has 0 unspecified atom stereocenters. The van der Waals surface area contributed by atoms with E-state index in [0.717, 1.165) is 0 Å². The Hall–Kier alpha value is -3.94. The summed E-state index contributed by atoms with van der Waals surface area (Å²) in [5.41, 5.74) is -0.00554. The van der Waals surface area contributed by atoms with Crippen LogP contribution in [0.3, 0.4) is 0 Å². The zero-order valence-electron chi connectivity index (χ0n) is 13.8. The first-order valence-corrected chi connectivity index (χ1v) is 8.00. The lowest BCUT2D eigenvalue weighted by atomic mass is 10.2. The average molecular weight is 364 g/mol. The van der Waals surface area contributed by atoms with Gasteiger partial charge in [0.1, 0.15) is 22.8 Å². The number of H-pyrrole nitrogens is 1. The van der Waals surface area contributed by atoms with Crippen LogP contribution in [0.2, 0.25) is 0 Å². The Morgan fingerprint density at radius 3 is 2.52 bits per heavy atom. The Balaban J connectivity index is 1.79. The monoisotopic (exact) mass is 364 g/mol. The Labute approximate surface area is 151 Å². The summed E-state index contributed by atoms with van der Waals surface area (Å²) in [6.45, 7) is 0. The molecule has 2 heterocycles. The quantitative estimate of drug-likeness (QED) is 0.520. The molecule has 2 aromatic carbocycles. The van der Waals surface area contributed by atoms with Crippen molar-refractivity contribution in [3.8, 4) is 11.4 Å². The number of pyridine rings is 1. The van der Waals surface area contributed by atoms with Crippen LogP contribution >= 0.6 is 0 Å². The van der Waals surface area contributed by atoms with E-state index in [-0.39, 0.29) is 11.0 Å². The van der Waals surface area contributed by atoms with Crippen molar-refractivity contribution < 1.29 is 14.3 Å². The second-order valence-electron chi connectivity index (χ2n) is 5.79. The van der Waals surface area contributed by atoms with E-state index < -0.39 is 28.6 Å². The molecule has 2 aromatic heterocycles. The number of benzene rings is 2. The Morgan fingerprint density at radius 1 is 1.11 bits per heavy atom. The van der Waals surface area contributed by atoms with E-state index in [4.69, 9.17) is 0 Å². The van der Waals surface area contributed by atoms with Gasteiger partial charge in [-0.25, -0.2) is 9.07 Å². The Kier molecular flexibility index (Phi) is 3.92. The maximum absolute atomic E-state index is 13.1. The fourth-order valence-corrected chi connectivity index (χ4v) is 2.76. The van der Waals surface area contributed by atoms with Crippen LogP contribution in [0.5, 0.6) is 5.75 Å². The van der Waals surface area contributed by atoms with Gasteiger partial charge in [0.05, 0.1) is 17.3 Å². The number of aromatic nitrogens is 3. The largest absolute Gasteiger partial charge is 0.506 e. The summed E-state index contributed by atoms with van der Waals surface area (Å²) < 4.78 is 14.5. The third-order valence-corrected chi connectivity index (χ3v) is 4.05. The number of hydrogen-bond donors (Lipinski definition) is 3. The minimum Gasteiger partial charge on any atom is -0.506 e. The first-order valence-electron chi connectivity index (χ1n) is 8.00. The van der Waals surface area contributed by atoms with Gasteiger partial charge in [-0.3, -0.25) is 9.59 Å². The minimum absolute atomic E-state index is 0.192. The lowest BCUT2D eigenvalue weighted by Crippen LogP contribution is -2.23. The number of aromatic amines is 1. The van der Waals surface area contributed by atoms with Crippen molar-refractivity contribution in [3.05, 3.63) is 82.5 Å². The molecule has 0 bridgehead atoms. The van der Waals surface area contributed by atoms with Crippen LogP contribution < -0.4 is 10.9 Å². The van der Waals surface area contributed by atoms with Crippen molar-refractivity contribution >= 4 is 22.6 Å². The van der Waals surface area contributed by atoms with Crippen LogP contribution in [0.1, 0.15) is 10.4 Å². The van der Waals surface area contributed by atoms with Crippen molar-refractivity contribution in [2.24, 2.45) is 0 Å². The highest BCUT2D eigenvalue weighted by Crippen LogP contribution is 2.26. The van der Waals surface area contributed by atoms with Crippen LogP contribution in [0.15, 0.2) is 65.6 Å². The fourth-order valence-electron chi connectivity index (χ4n) is 2.76. The number of hydrogen-bond acceptors (Lipinski definition) is 4. The molecule has 7 nitrogen and oxygen atoms in total. The number of anilines is 1. The number of para-hydroxylation sites is 1. The van der Waals surface area contributed by atoms with Gasteiger partial charge in [-0.05, 0) is 36.4 Å². The summed E-state index contributed by atoms with van der Waals surface area (Å²) in [6.07, 6.45) is 1.32. The summed E-state index contributed by atoms with van der Waals surface area (Å²) in [5.74, 6) is -1.63. The molecule has 0 saturated carbocycles. The molecule has 0 spiro atoms. The van der Waals surface area contributed by atoms with Gasteiger partial charge in [-0.1, -0.05) is 18.2 Å². The van der Waals surface area contributed by atoms with Crippen LogP contribution in [0, 0.1) is 5.82 Å².